The zero-order valence-electron chi connectivity index (χ0n) is 10.6. The Balaban J connectivity index is 2.21. The van der Waals surface area contributed by atoms with E-state index in [0.717, 1.165) is 5.56 Å². The first-order valence-corrected chi connectivity index (χ1v) is 6.32. The summed E-state index contributed by atoms with van der Waals surface area (Å²) in [5.74, 6) is 0.116. The molecule has 0 radical (unpaired) electrons. The second-order valence-electron chi connectivity index (χ2n) is 4.29. The van der Waals surface area contributed by atoms with Crippen molar-refractivity contribution in [3.63, 3.8) is 0 Å². The van der Waals surface area contributed by atoms with Gasteiger partial charge in [0.2, 0.25) is 0 Å². The molecule has 100 valence electrons. The lowest BCUT2D eigenvalue weighted by Crippen LogP contribution is -2.15. The maximum Gasteiger partial charge on any atom is 0.131 e. The lowest BCUT2D eigenvalue weighted by atomic mass is 9.99. The molecule has 2 nitrogen and oxygen atoms in total. The first kappa shape index (κ1) is 13.8. The van der Waals surface area contributed by atoms with E-state index in [4.69, 9.17) is 22.1 Å². The fourth-order valence-electron chi connectivity index (χ4n) is 1.95. The van der Waals surface area contributed by atoms with Gasteiger partial charge < -0.3 is 10.5 Å². The molecule has 0 aliphatic carbocycles. The van der Waals surface area contributed by atoms with Crippen molar-refractivity contribution in [1.29, 1.82) is 0 Å². The standard InChI is InChI=1S/C15H15ClFNO/c1-19-11-6-7-12(14(17)9-11)15(18)8-10-4-2-3-5-13(10)16/h2-7,9,15H,8,18H2,1H3. The van der Waals surface area contributed by atoms with Crippen molar-refractivity contribution in [2.75, 3.05) is 7.11 Å². The van der Waals surface area contributed by atoms with Crippen LogP contribution in [0.3, 0.4) is 0 Å². The molecule has 0 heterocycles. The molecule has 2 aromatic carbocycles. The highest BCUT2D eigenvalue weighted by Gasteiger charge is 2.14. The molecule has 2 N–H and O–H groups in total. The third-order valence-electron chi connectivity index (χ3n) is 3.00. The van der Waals surface area contributed by atoms with Gasteiger partial charge in [-0.1, -0.05) is 35.9 Å². The first-order chi connectivity index (χ1) is 9.11. The first-order valence-electron chi connectivity index (χ1n) is 5.94. The van der Waals surface area contributed by atoms with Gasteiger partial charge >= 0.3 is 0 Å². The van der Waals surface area contributed by atoms with Gasteiger partial charge in [0.1, 0.15) is 11.6 Å². The van der Waals surface area contributed by atoms with Gasteiger partial charge in [0.05, 0.1) is 7.11 Å². The Morgan fingerprint density at radius 2 is 2.00 bits per heavy atom. The van der Waals surface area contributed by atoms with Gasteiger partial charge in [-0.2, -0.15) is 0 Å². The maximum atomic E-state index is 13.9. The summed E-state index contributed by atoms with van der Waals surface area (Å²) in [6, 6.07) is 11.7. The van der Waals surface area contributed by atoms with E-state index in [2.05, 4.69) is 0 Å². The number of benzene rings is 2. The van der Waals surface area contributed by atoms with Gasteiger partial charge in [0.15, 0.2) is 0 Å². The smallest absolute Gasteiger partial charge is 0.131 e. The van der Waals surface area contributed by atoms with E-state index in [1.54, 1.807) is 18.2 Å². The molecule has 19 heavy (non-hydrogen) atoms. The molecule has 0 saturated carbocycles. The minimum absolute atomic E-state index is 0.362. The van der Waals surface area contributed by atoms with Crippen LogP contribution in [0.25, 0.3) is 0 Å². The monoisotopic (exact) mass is 279 g/mol. The summed E-state index contributed by atoms with van der Waals surface area (Å²) in [7, 11) is 1.50. The van der Waals surface area contributed by atoms with Crippen LogP contribution in [0, 0.1) is 5.82 Å². The number of rotatable bonds is 4. The van der Waals surface area contributed by atoms with Crippen LogP contribution in [0.1, 0.15) is 17.2 Å². The van der Waals surface area contributed by atoms with Crippen molar-refractivity contribution in [2.24, 2.45) is 5.73 Å². The summed E-state index contributed by atoms with van der Waals surface area (Å²) in [6.07, 6.45) is 0.489. The zero-order chi connectivity index (χ0) is 13.8. The van der Waals surface area contributed by atoms with Gasteiger partial charge in [-0.25, -0.2) is 4.39 Å². The third-order valence-corrected chi connectivity index (χ3v) is 3.37. The highest BCUT2D eigenvalue weighted by molar-refractivity contribution is 6.31. The Morgan fingerprint density at radius 1 is 1.26 bits per heavy atom. The number of hydrogen-bond donors (Lipinski definition) is 1. The second-order valence-corrected chi connectivity index (χ2v) is 4.70. The molecule has 0 saturated heterocycles. The van der Waals surface area contributed by atoms with Crippen molar-refractivity contribution in [2.45, 2.75) is 12.5 Å². The van der Waals surface area contributed by atoms with Gasteiger partial charge in [-0.3, -0.25) is 0 Å². The molecule has 4 heteroatoms. The van der Waals surface area contributed by atoms with E-state index in [0.29, 0.717) is 22.8 Å². The van der Waals surface area contributed by atoms with Gasteiger partial charge in [-0.05, 0) is 24.1 Å². The quantitative estimate of drug-likeness (QED) is 0.925. The summed E-state index contributed by atoms with van der Waals surface area (Å²) < 4.78 is 18.9. The summed E-state index contributed by atoms with van der Waals surface area (Å²) in [5, 5.41) is 0.645. The molecule has 2 aromatic rings. The van der Waals surface area contributed by atoms with Crippen LogP contribution in [-0.2, 0) is 6.42 Å². The highest BCUT2D eigenvalue weighted by Crippen LogP contribution is 2.25. The molecule has 1 atom stereocenters. The van der Waals surface area contributed by atoms with Crippen LogP contribution in [-0.4, -0.2) is 7.11 Å². The Hall–Kier alpha value is -1.58. The molecule has 0 fully saturated rings. The predicted octanol–water partition coefficient (Wildman–Crippen LogP) is 3.73. The van der Waals surface area contributed by atoms with Crippen molar-refractivity contribution >= 4 is 11.6 Å². The van der Waals surface area contributed by atoms with Crippen molar-refractivity contribution < 1.29 is 9.13 Å². The molecule has 0 aromatic heterocycles. The molecular weight excluding hydrogens is 265 g/mol. The number of halogens is 2. The van der Waals surface area contributed by atoms with Crippen molar-refractivity contribution in [3.8, 4) is 5.75 Å². The average Bonchev–Trinajstić information content (AvgIpc) is 2.41. The fraction of sp³-hybridized carbons (Fsp3) is 0.200. The van der Waals surface area contributed by atoms with Gasteiger partial charge in [0, 0.05) is 22.7 Å². The van der Waals surface area contributed by atoms with E-state index >= 15 is 0 Å². The number of nitrogens with two attached hydrogens (primary N) is 1. The Bertz CT molecular complexity index is 574. The Kier molecular flexibility index (Phi) is 4.40. The Morgan fingerprint density at radius 3 is 2.63 bits per heavy atom. The van der Waals surface area contributed by atoms with E-state index in [1.807, 2.05) is 18.2 Å². The van der Waals surface area contributed by atoms with Crippen molar-refractivity contribution in [1.82, 2.24) is 0 Å². The lowest BCUT2D eigenvalue weighted by Gasteiger charge is -2.14. The topological polar surface area (TPSA) is 35.2 Å². The van der Waals surface area contributed by atoms with Crippen LogP contribution in [0.4, 0.5) is 4.39 Å². The van der Waals surface area contributed by atoms with Crippen molar-refractivity contribution in [3.05, 3.63) is 64.4 Å². The molecule has 0 bridgehead atoms. The van der Waals surface area contributed by atoms with Crippen LogP contribution >= 0.6 is 11.6 Å². The Labute approximate surface area is 117 Å². The number of methoxy groups -OCH3 is 1. The van der Waals surface area contributed by atoms with E-state index in [9.17, 15) is 4.39 Å². The predicted molar refractivity (Wildman–Crippen MR) is 75.0 cm³/mol. The largest absolute Gasteiger partial charge is 0.497 e. The van der Waals surface area contributed by atoms with Gasteiger partial charge in [0.25, 0.3) is 0 Å². The number of ether oxygens (including phenoxy) is 1. The van der Waals surface area contributed by atoms with E-state index < -0.39 is 6.04 Å². The van der Waals surface area contributed by atoms with Crippen LogP contribution in [0.2, 0.25) is 5.02 Å². The summed E-state index contributed by atoms with van der Waals surface area (Å²) >= 11 is 6.07. The third kappa shape index (κ3) is 3.25. The normalized spacial score (nSPS) is 12.2. The van der Waals surface area contributed by atoms with E-state index in [1.165, 1.54) is 13.2 Å². The summed E-state index contributed by atoms with van der Waals surface area (Å²) in [5.41, 5.74) is 7.42. The van der Waals surface area contributed by atoms with Crippen LogP contribution in [0.15, 0.2) is 42.5 Å². The molecular formula is C15H15ClFNO. The fourth-order valence-corrected chi connectivity index (χ4v) is 2.16. The maximum absolute atomic E-state index is 13.9. The second kappa shape index (κ2) is 6.04. The minimum Gasteiger partial charge on any atom is -0.497 e. The number of hydrogen-bond acceptors (Lipinski definition) is 2. The van der Waals surface area contributed by atoms with Crippen LogP contribution < -0.4 is 10.5 Å². The van der Waals surface area contributed by atoms with E-state index in [-0.39, 0.29) is 5.82 Å². The average molecular weight is 280 g/mol. The summed E-state index contributed by atoms with van der Waals surface area (Å²) in [4.78, 5) is 0. The van der Waals surface area contributed by atoms with Gasteiger partial charge in [-0.15, -0.1) is 0 Å². The molecule has 0 aliphatic rings. The molecule has 0 amide bonds. The molecule has 0 aliphatic heterocycles. The molecule has 0 spiro atoms. The SMILES string of the molecule is COc1ccc(C(N)Cc2ccccc2Cl)c(F)c1. The lowest BCUT2D eigenvalue weighted by molar-refractivity contribution is 0.410. The highest BCUT2D eigenvalue weighted by atomic mass is 35.5. The minimum atomic E-state index is -0.439. The zero-order valence-corrected chi connectivity index (χ0v) is 11.3. The molecule has 1 unspecified atom stereocenters. The summed E-state index contributed by atoms with van der Waals surface area (Å²) in [6.45, 7) is 0. The molecule has 2 rings (SSSR count). The van der Waals surface area contributed by atoms with Crippen LogP contribution in [0.5, 0.6) is 5.75 Å².